The first-order valence-corrected chi connectivity index (χ1v) is 7.76. The highest BCUT2D eigenvalue weighted by molar-refractivity contribution is 9.10. The molecule has 1 heterocycles. The molecule has 128 valence electrons. The van der Waals surface area contributed by atoms with E-state index in [-0.39, 0.29) is 23.0 Å². The predicted octanol–water partition coefficient (Wildman–Crippen LogP) is 5.21. The van der Waals surface area contributed by atoms with Crippen LogP contribution in [0.25, 0.3) is 0 Å². The Morgan fingerprint density at radius 3 is 2.43 bits per heavy atom. The average Bonchev–Trinajstić information content (AvgIpc) is 2.35. The molecule has 1 aliphatic heterocycles. The average molecular weight is 398 g/mol. The van der Waals surface area contributed by atoms with E-state index in [9.17, 15) is 22.4 Å². The van der Waals surface area contributed by atoms with Gasteiger partial charge in [-0.3, -0.25) is 4.90 Å². The summed E-state index contributed by atoms with van der Waals surface area (Å²) in [5.74, 6) is -0.736. The first kappa shape index (κ1) is 18.0. The van der Waals surface area contributed by atoms with Crippen LogP contribution in [0.15, 0.2) is 16.6 Å². The summed E-state index contributed by atoms with van der Waals surface area (Å²) in [6.45, 7) is 4.67. The zero-order valence-electron chi connectivity index (χ0n) is 12.8. The Morgan fingerprint density at radius 2 is 1.91 bits per heavy atom. The molecule has 1 aromatic rings. The number of hydrogen-bond donors (Lipinski definition) is 0. The van der Waals surface area contributed by atoms with Gasteiger partial charge in [0.05, 0.1) is 10.2 Å². The van der Waals surface area contributed by atoms with Crippen LogP contribution in [0.2, 0.25) is 0 Å². The highest BCUT2D eigenvalue weighted by Crippen LogP contribution is 2.40. The van der Waals surface area contributed by atoms with Crippen LogP contribution in [-0.2, 0) is 11.2 Å². The van der Waals surface area contributed by atoms with Crippen molar-refractivity contribution >= 4 is 27.7 Å². The van der Waals surface area contributed by atoms with Crippen molar-refractivity contribution in [2.75, 3.05) is 4.90 Å². The van der Waals surface area contributed by atoms with Crippen LogP contribution >= 0.6 is 15.9 Å². The number of hydrogen-bond acceptors (Lipinski definition) is 2. The summed E-state index contributed by atoms with van der Waals surface area (Å²) in [7, 11) is 0. The number of ether oxygens (including phenoxy) is 1. The molecule has 0 aliphatic carbocycles. The largest absolute Gasteiger partial charge is 0.443 e. The maximum atomic E-state index is 13.8. The lowest BCUT2D eigenvalue weighted by Crippen LogP contribution is -2.53. The number of benzene rings is 1. The number of rotatable bonds is 0. The van der Waals surface area contributed by atoms with Crippen molar-refractivity contribution in [2.24, 2.45) is 0 Å². The van der Waals surface area contributed by atoms with E-state index in [1.807, 2.05) is 0 Å². The van der Waals surface area contributed by atoms with E-state index >= 15 is 0 Å². The lowest BCUT2D eigenvalue weighted by atomic mass is 9.95. The second-order valence-corrected chi connectivity index (χ2v) is 7.20. The van der Waals surface area contributed by atoms with E-state index < -0.39 is 29.7 Å². The number of nitrogens with zero attached hydrogens (tertiary/aromatic N) is 1. The van der Waals surface area contributed by atoms with E-state index in [2.05, 4.69) is 15.9 Å². The second-order valence-electron chi connectivity index (χ2n) is 6.34. The molecule has 0 radical (unpaired) electrons. The van der Waals surface area contributed by atoms with E-state index in [1.54, 1.807) is 20.8 Å². The molecule has 1 amide bonds. The molecule has 1 unspecified atom stereocenters. The van der Waals surface area contributed by atoms with Gasteiger partial charge in [-0.15, -0.1) is 0 Å². The summed E-state index contributed by atoms with van der Waals surface area (Å²) in [6, 6.07) is 0.293. The van der Waals surface area contributed by atoms with Crippen LogP contribution in [0.5, 0.6) is 0 Å². The molecule has 0 N–H and O–H groups in total. The molecule has 8 heteroatoms. The highest BCUT2D eigenvalue weighted by Gasteiger charge is 2.49. The van der Waals surface area contributed by atoms with Gasteiger partial charge < -0.3 is 4.74 Å². The summed E-state index contributed by atoms with van der Waals surface area (Å²) in [6.07, 6.45) is -5.97. The summed E-state index contributed by atoms with van der Waals surface area (Å²) in [5.41, 5.74) is -0.600. The third-order valence-corrected chi connectivity index (χ3v) is 3.96. The van der Waals surface area contributed by atoms with Crippen LogP contribution in [0.4, 0.5) is 28.0 Å². The Kier molecular flexibility index (Phi) is 4.67. The Bertz CT molecular complexity index is 625. The van der Waals surface area contributed by atoms with Gasteiger partial charge in [0.15, 0.2) is 0 Å². The lowest BCUT2D eigenvalue weighted by Gasteiger charge is -2.38. The highest BCUT2D eigenvalue weighted by atomic mass is 79.9. The first-order valence-electron chi connectivity index (χ1n) is 6.97. The quantitative estimate of drug-likeness (QED) is 0.562. The topological polar surface area (TPSA) is 29.5 Å². The van der Waals surface area contributed by atoms with Gasteiger partial charge in [0, 0.05) is 0 Å². The fourth-order valence-corrected chi connectivity index (χ4v) is 2.83. The van der Waals surface area contributed by atoms with Crippen LogP contribution in [0, 0.1) is 5.82 Å². The van der Waals surface area contributed by atoms with E-state index in [0.29, 0.717) is 10.5 Å². The summed E-state index contributed by atoms with van der Waals surface area (Å²) >= 11 is 3.00. The van der Waals surface area contributed by atoms with E-state index in [1.165, 1.54) is 6.07 Å². The second kappa shape index (κ2) is 5.96. The molecule has 0 saturated heterocycles. The number of aryl methyl sites for hydroxylation is 1. The zero-order valence-corrected chi connectivity index (χ0v) is 14.4. The van der Waals surface area contributed by atoms with E-state index in [0.717, 1.165) is 6.07 Å². The molecule has 1 aliphatic rings. The summed E-state index contributed by atoms with van der Waals surface area (Å²) < 4.78 is 58.9. The smallest absolute Gasteiger partial charge is 0.415 e. The monoisotopic (exact) mass is 397 g/mol. The fraction of sp³-hybridized carbons (Fsp3) is 0.533. The number of halogens is 5. The molecule has 0 bridgehead atoms. The minimum Gasteiger partial charge on any atom is -0.443 e. The molecule has 0 saturated carbocycles. The summed E-state index contributed by atoms with van der Waals surface area (Å²) in [5, 5.41) is 0. The first-order chi connectivity index (χ1) is 10.4. The van der Waals surface area contributed by atoms with Crippen molar-refractivity contribution in [3.63, 3.8) is 0 Å². The maximum Gasteiger partial charge on any atom is 0.415 e. The maximum absolute atomic E-state index is 13.8. The predicted molar refractivity (Wildman–Crippen MR) is 81.0 cm³/mol. The Balaban J connectivity index is 2.51. The summed E-state index contributed by atoms with van der Waals surface area (Å²) in [4.78, 5) is 12.8. The number of amides is 1. The van der Waals surface area contributed by atoms with Crippen molar-refractivity contribution in [2.45, 2.75) is 51.4 Å². The number of fused-ring (bicyclic) bond motifs is 1. The SMILES string of the molecule is CC(C)(C)OC(=O)N1c2cc(F)c(Br)cc2CCC1C(F)(F)F. The minimum atomic E-state index is -4.63. The van der Waals surface area contributed by atoms with Crippen molar-refractivity contribution in [1.82, 2.24) is 0 Å². The fourth-order valence-electron chi connectivity index (χ4n) is 2.44. The van der Waals surface area contributed by atoms with Crippen molar-refractivity contribution in [3.8, 4) is 0 Å². The van der Waals surface area contributed by atoms with Gasteiger partial charge in [0.25, 0.3) is 0 Å². The molecule has 0 fully saturated rings. The van der Waals surface area contributed by atoms with Crippen LogP contribution in [-0.4, -0.2) is 23.9 Å². The van der Waals surface area contributed by atoms with Gasteiger partial charge in [-0.1, -0.05) is 0 Å². The van der Waals surface area contributed by atoms with Crippen molar-refractivity contribution in [3.05, 3.63) is 28.0 Å². The molecule has 2 rings (SSSR count). The standard InChI is InChI=1S/C15H16BrF4NO2/c1-14(2,3)23-13(22)21-11-7-10(17)9(16)6-8(11)4-5-12(21)15(18,19)20/h6-7,12H,4-5H2,1-3H3. The Morgan fingerprint density at radius 1 is 1.30 bits per heavy atom. The number of alkyl halides is 3. The molecular weight excluding hydrogens is 382 g/mol. The molecule has 3 nitrogen and oxygen atoms in total. The van der Waals surface area contributed by atoms with Crippen LogP contribution in [0.3, 0.4) is 0 Å². The van der Waals surface area contributed by atoms with Gasteiger partial charge >= 0.3 is 12.3 Å². The minimum absolute atomic E-state index is 0.0949. The normalized spacial score (nSPS) is 18.6. The number of anilines is 1. The van der Waals surface area contributed by atoms with Gasteiger partial charge in [-0.2, -0.15) is 13.2 Å². The van der Waals surface area contributed by atoms with Crippen LogP contribution in [0.1, 0.15) is 32.8 Å². The Labute approximate surface area is 139 Å². The molecule has 0 aromatic heterocycles. The van der Waals surface area contributed by atoms with E-state index in [4.69, 9.17) is 4.74 Å². The number of carbonyl (C=O) groups is 1. The lowest BCUT2D eigenvalue weighted by molar-refractivity contribution is -0.150. The van der Waals surface area contributed by atoms with Crippen molar-refractivity contribution in [1.29, 1.82) is 0 Å². The Hall–Kier alpha value is -1.31. The molecule has 0 spiro atoms. The third-order valence-electron chi connectivity index (χ3n) is 3.35. The van der Waals surface area contributed by atoms with Gasteiger partial charge in [0.1, 0.15) is 17.5 Å². The number of carbonyl (C=O) groups excluding carboxylic acids is 1. The van der Waals surface area contributed by atoms with Gasteiger partial charge in [-0.25, -0.2) is 9.18 Å². The van der Waals surface area contributed by atoms with Gasteiger partial charge in [-0.05, 0) is 67.2 Å². The molecule has 23 heavy (non-hydrogen) atoms. The molecule has 1 aromatic carbocycles. The van der Waals surface area contributed by atoms with Gasteiger partial charge in [0.2, 0.25) is 0 Å². The zero-order chi connectivity index (χ0) is 17.6. The van der Waals surface area contributed by atoms with Crippen LogP contribution < -0.4 is 4.90 Å². The molecular formula is C15H16BrF4NO2. The third kappa shape index (κ3) is 3.97. The van der Waals surface area contributed by atoms with Crippen molar-refractivity contribution < 1.29 is 27.1 Å². The molecule has 1 atom stereocenters.